The first-order valence-electron chi connectivity index (χ1n) is 4.95. The van der Waals surface area contributed by atoms with E-state index in [1.807, 2.05) is 36.4 Å². The van der Waals surface area contributed by atoms with Crippen LogP contribution in [-0.4, -0.2) is 0 Å². The van der Waals surface area contributed by atoms with E-state index in [0.717, 1.165) is 11.1 Å². The van der Waals surface area contributed by atoms with Crippen molar-refractivity contribution < 1.29 is 0 Å². The van der Waals surface area contributed by atoms with Crippen molar-refractivity contribution in [3.05, 3.63) is 64.7 Å². The van der Waals surface area contributed by atoms with Crippen LogP contribution in [0.5, 0.6) is 0 Å². The van der Waals surface area contributed by atoms with E-state index in [0.29, 0.717) is 10.7 Å². The van der Waals surface area contributed by atoms with Gasteiger partial charge in [0.1, 0.15) is 0 Å². The number of rotatable bonds is 2. The maximum Gasteiger partial charge on any atom is 0.0635 e. The SMILES string of the molecule is Nc1cc(C(N)c2cc[c]cc2)ccc1Cl. The molecule has 0 aliphatic carbocycles. The summed E-state index contributed by atoms with van der Waals surface area (Å²) in [5.41, 5.74) is 14.4. The van der Waals surface area contributed by atoms with Gasteiger partial charge < -0.3 is 11.5 Å². The molecular weight excluding hydrogens is 220 g/mol. The van der Waals surface area contributed by atoms with Crippen molar-refractivity contribution in [2.75, 3.05) is 5.73 Å². The normalized spacial score (nSPS) is 12.4. The molecule has 0 aliphatic rings. The zero-order chi connectivity index (χ0) is 11.5. The van der Waals surface area contributed by atoms with Gasteiger partial charge in [0.15, 0.2) is 0 Å². The fourth-order valence-corrected chi connectivity index (χ4v) is 1.67. The van der Waals surface area contributed by atoms with E-state index in [9.17, 15) is 0 Å². The van der Waals surface area contributed by atoms with E-state index in [-0.39, 0.29) is 6.04 Å². The fraction of sp³-hybridized carbons (Fsp3) is 0.0769. The molecule has 4 N–H and O–H groups in total. The Morgan fingerprint density at radius 2 is 1.75 bits per heavy atom. The van der Waals surface area contributed by atoms with Crippen LogP contribution in [0.2, 0.25) is 5.02 Å². The third kappa shape index (κ3) is 2.18. The number of anilines is 1. The van der Waals surface area contributed by atoms with Crippen molar-refractivity contribution in [2.24, 2.45) is 5.73 Å². The lowest BCUT2D eigenvalue weighted by molar-refractivity contribution is 0.872. The summed E-state index contributed by atoms with van der Waals surface area (Å²) < 4.78 is 0. The second kappa shape index (κ2) is 4.56. The fourth-order valence-electron chi connectivity index (χ4n) is 1.56. The third-order valence-electron chi connectivity index (χ3n) is 2.48. The summed E-state index contributed by atoms with van der Waals surface area (Å²) in [7, 11) is 0. The molecule has 0 amide bonds. The first-order valence-corrected chi connectivity index (χ1v) is 5.33. The van der Waals surface area contributed by atoms with Crippen molar-refractivity contribution in [3.63, 3.8) is 0 Å². The minimum atomic E-state index is -0.186. The highest BCUT2D eigenvalue weighted by molar-refractivity contribution is 6.33. The van der Waals surface area contributed by atoms with E-state index >= 15 is 0 Å². The Morgan fingerprint density at radius 3 is 2.38 bits per heavy atom. The van der Waals surface area contributed by atoms with Crippen LogP contribution in [0.3, 0.4) is 0 Å². The molecule has 0 fully saturated rings. The molecule has 0 aromatic heterocycles. The number of halogens is 1. The summed E-state index contributed by atoms with van der Waals surface area (Å²) in [5.74, 6) is 0. The Labute approximate surface area is 99.8 Å². The monoisotopic (exact) mass is 231 g/mol. The summed E-state index contributed by atoms with van der Waals surface area (Å²) in [5, 5.41) is 0.553. The molecule has 16 heavy (non-hydrogen) atoms. The van der Waals surface area contributed by atoms with Crippen LogP contribution in [0.15, 0.2) is 42.5 Å². The topological polar surface area (TPSA) is 52.0 Å². The van der Waals surface area contributed by atoms with Crippen LogP contribution in [0.25, 0.3) is 0 Å². The van der Waals surface area contributed by atoms with Crippen molar-refractivity contribution in [1.82, 2.24) is 0 Å². The number of hydrogen-bond acceptors (Lipinski definition) is 2. The molecule has 0 aliphatic heterocycles. The molecule has 2 aromatic carbocycles. The molecule has 0 spiro atoms. The molecule has 1 unspecified atom stereocenters. The minimum absolute atomic E-state index is 0.186. The van der Waals surface area contributed by atoms with Gasteiger partial charge in [-0.15, -0.1) is 0 Å². The van der Waals surface area contributed by atoms with E-state index in [4.69, 9.17) is 23.1 Å². The van der Waals surface area contributed by atoms with E-state index in [1.165, 1.54) is 0 Å². The second-order valence-electron chi connectivity index (χ2n) is 3.59. The highest BCUT2D eigenvalue weighted by atomic mass is 35.5. The summed E-state index contributed by atoms with van der Waals surface area (Å²) >= 11 is 5.86. The van der Waals surface area contributed by atoms with Crippen LogP contribution < -0.4 is 11.5 Å². The molecule has 2 rings (SSSR count). The largest absolute Gasteiger partial charge is 0.398 e. The van der Waals surface area contributed by atoms with Crippen LogP contribution in [0, 0.1) is 6.07 Å². The lowest BCUT2D eigenvalue weighted by Gasteiger charge is -2.13. The molecule has 2 nitrogen and oxygen atoms in total. The maximum atomic E-state index is 6.12. The summed E-state index contributed by atoms with van der Waals surface area (Å²) in [4.78, 5) is 0. The Bertz CT molecular complexity index is 483. The van der Waals surface area contributed by atoms with Gasteiger partial charge in [-0.05, 0) is 29.3 Å². The predicted octanol–water partition coefficient (Wildman–Crippen LogP) is 2.77. The van der Waals surface area contributed by atoms with Gasteiger partial charge in [-0.25, -0.2) is 0 Å². The Balaban J connectivity index is 2.34. The number of nitrogens with two attached hydrogens (primary N) is 2. The van der Waals surface area contributed by atoms with Gasteiger partial charge in [-0.1, -0.05) is 41.9 Å². The first kappa shape index (κ1) is 11.0. The minimum Gasteiger partial charge on any atom is -0.398 e. The van der Waals surface area contributed by atoms with Gasteiger partial charge in [-0.3, -0.25) is 0 Å². The zero-order valence-electron chi connectivity index (χ0n) is 8.65. The maximum absolute atomic E-state index is 6.12. The third-order valence-corrected chi connectivity index (χ3v) is 2.83. The first-order chi connectivity index (χ1) is 7.68. The van der Waals surface area contributed by atoms with Gasteiger partial charge in [0.05, 0.1) is 16.8 Å². The predicted molar refractivity (Wildman–Crippen MR) is 67.2 cm³/mol. The summed E-state index contributed by atoms with van der Waals surface area (Å²) in [6.45, 7) is 0. The van der Waals surface area contributed by atoms with Crippen LogP contribution in [-0.2, 0) is 0 Å². The lowest BCUT2D eigenvalue weighted by Crippen LogP contribution is -2.11. The van der Waals surface area contributed by atoms with Crippen LogP contribution in [0.1, 0.15) is 17.2 Å². The second-order valence-corrected chi connectivity index (χ2v) is 4.00. The van der Waals surface area contributed by atoms with Gasteiger partial charge in [0, 0.05) is 0 Å². The van der Waals surface area contributed by atoms with E-state index in [1.54, 1.807) is 6.07 Å². The van der Waals surface area contributed by atoms with Crippen molar-refractivity contribution >= 4 is 17.3 Å². The molecule has 2 aromatic rings. The Kier molecular flexibility index (Phi) is 3.13. The number of hydrogen-bond donors (Lipinski definition) is 2. The molecule has 0 heterocycles. The molecule has 81 valence electrons. The number of nitrogen functional groups attached to an aromatic ring is 1. The lowest BCUT2D eigenvalue weighted by atomic mass is 9.99. The number of benzene rings is 2. The molecule has 1 radical (unpaired) electrons. The van der Waals surface area contributed by atoms with Crippen LogP contribution >= 0.6 is 11.6 Å². The molecule has 3 heteroatoms. The Morgan fingerprint density at radius 1 is 1.06 bits per heavy atom. The zero-order valence-corrected chi connectivity index (χ0v) is 9.41. The molecular formula is C13H12ClN2. The van der Waals surface area contributed by atoms with Gasteiger partial charge in [0.2, 0.25) is 0 Å². The molecule has 1 atom stereocenters. The van der Waals surface area contributed by atoms with Crippen molar-refractivity contribution in [2.45, 2.75) is 6.04 Å². The highest BCUT2D eigenvalue weighted by Crippen LogP contribution is 2.25. The van der Waals surface area contributed by atoms with Gasteiger partial charge >= 0.3 is 0 Å². The molecule has 0 saturated heterocycles. The average Bonchev–Trinajstić information content (AvgIpc) is 2.33. The van der Waals surface area contributed by atoms with Gasteiger partial charge in [-0.2, -0.15) is 0 Å². The van der Waals surface area contributed by atoms with E-state index < -0.39 is 0 Å². The highest BCUT2D eigenvalue weighted by Gasteiger charge is 2.09. The van der Waals surface area contributed by atoms with Crippen LogP contribution in [0.4, 0.5) is 5.69 Å². The average molecular weight is 232 g/mol. The summed E-state index contributed by atoms with van der Waals surface area (Å²) in [6.07, 6.45) is 0. The standard InChI is InChI=1S/C13H12ClN2/c14-11-7-6-10(8-12(11)15)13(16)9-4-2-1-3-5-9/h2-8,13H,15-16H2. The van der Waals surface area contributed by atoms with Crippen molar-refractivity contribution in [1.29, 1.82) is 0 Å². The van der Waals surface area contributed by atoms with E-state index in [2.05, 4.69) is 6.07 Å². The quantitative estimate of drug-likeness (QED) is 0.781. The van der Waals surface area contributed by atoms with Crippen molar-refractivity contribution in [3.8, 4) is 0 Å². The smallest absolute Gasteiger partial charge is 0.0635 e. The summed E-state index contributed by atoms with van der Waals surface area (Å²) in [6, 6.07) is 15.8. The molecule has 0 saturated carbocycles. The Hall–Kier alpha value is -1.51. The molecule has 0 bridgehead atoms. The van der Waals surface area contributed by atoms with Gasteiger partial charge in [0.25, 0.3) is 0 Å².